The van der Waals surface area contributed by atoms with E-state index in [1.54, 1.807) is 0 Å². The normalized spacial score (nSPS) is 20.6. The summed E-state index contributed by atoms with van der Waals surface area (Å²) in [6, 6.07) is 9.64. The Balaban J connectivity index is 2.12. The fourth-order valence-corrected chi connectivity index (χ4v) is 2.10. The number of hydrogen-bond acceptors (Lipinski definition) is 2. The molecule has 2 heteroatoms. The molecule has 2 nitrogen and oxygen atoms in total. The lowest BCUT2D eigenvalue weighted by Crippen LogP contribution is -2.14. The average Bonchev–Trinajstić information content (AvgIpc) is 2.74. The first-order chi connectivity index (χ1) is 9.72. The first-order valence-corrected chi connectivity index (χ1v) is 6.53. The lowest BCUT2D eigenvalue weighted by atomic mass is 9.92. The maximum atomic E-state index is 11.6. The number of benzene rings is 1. The van der Waals surface area contributed by atoms with Crippen LogP contribution in [0.3, 0.4) is 0 Å². The molecule has 0 aromatic heterocycles. The van der Waals surface area contributed by atoms with Crippen LogP contribution in [0.4, 0.5) is 0 Å². The number of esters is 1. The molecule has 2 rings (SSSR count). The minimum atomic E-state index is -0.409. The summed E-state index contributed by atoms with van der Waals surface area (Å²) in [5.74, 6) is 5.68. The molecule has 1 aliphatic heterocycles. The van der Waals surface area contributed by atoms with Gasteiger partial charge in [0.15, 0.2) is 6.10 Å². The van der Waals surface area contributed by atoms with E-state index in [-0.39, 0.29) is 11.9 Å². The van der Waals surface area contributed by atoms with Crippen molar-refractivity contribution in [2.45, 2.75) is 18.9 Å². The van der Waals surface area contributed by atoms with E-state index in [4.69, 9.17) is 4.74 Å². The first-order valence-electron chi connectivity index (χ1n) is 6.53. The van der Waals surface area contributed by atoms with Crippen LogP contribution in [-0.2, 0) is 9.53 Å². The Morgan fingerprint density at radius 3 is 2.75 bits per heavy atom. The van der Waals surface area contributed by atoms with Gasteiger partial charge < -0.3 is 4.74 Å². The van der Waals surface area contributed by atoms with Crippen molar-refractivity contribution >= 4 is 5.97 Å². The van der Waals surface area contributed by atoms with E-state index in [1.807, 2.05) is 36.4 Å². The highest BCUT2D eigenvalue weighted by Gasteiger charge is 2.36. The van der Waals surface area contributed by atoms with Gasteiger partial charge in [-0.2, -0.15) is 0 Å². The monoisotopic (exact) mass is 264 g/mol. The van der Waals surface area contributed by atoms with Gasteiger partial charge in [0.05, 0.1) is 0 Å². The van der Waals surface area contributed by atoms with Crippen molar-refractivity contribution in [2.24, 2.45) is 5.92 Å². The molecule has 100 valence electrons. The Bertz CT molecular complexity index is 610. The zero-order valence-corrected chi connectivity index (χ0v) is 11.3. The van der Waals surface area contributed by atoms with Crippen LogP contribution in [-0.4, -0.2) is 12.1 Å². The SMILES string of the molecule is C=C=CCC[C@H]1C(=C)C(=O)O[C@H]1C#Cc1ccccc1. The summed E-state index contributed by atoms with van der Waals surface area (Å²) < 4.78 is 5.28. The molecular weight excluding hydrogens is 248 g/mol. The van der Waals surface area contributed by atoms with Gasteiger partial charge in [-0.1, -0.05) is 43.2 Å². The van der Waals surface area contributed by atoms with E-state index < -0.39 is 6.10 Å². The van der Waals surface area contributed by atoms with Crippen LogP contribution in [0.5, 0.6) is 0 Å². The first kappa shape index (κ1) is 13.9. The van der Waals surface area contributed by atoms with Crippen molar-refractivity contribution in [3.63, 3.8) is 0 Å². The average molecular weight is 264 g/mol. The second-order valence-corrected chi connectivity index (χ2v) is 4.58. The summed E-state index contributed by atoms with van der Waals surface area (Å²) in [5.41, 5.74) is 4.14. The zero-order chi connectivity index (χ0) is 14.4. The third kappa shape index (κ3) is 3.29. The molecule has 20 heavy (non-hydrogen) atoms. The summed E-state index contributed by atoms with van der Waals surface area (Å²) >= 11 is 0. The number of carbonyl (C=O) groups excluding carboxylic acids is 1. The predicted molar refractivity (Wildman–Crippen MR) is 78.8 cm³/mol. The van der Waals surface area contributed by atoms with Gasteiger partial charge in [-0.15, -0.1) is 5.73 Å². The third-order valence-corrected chi connectivity index (χ3v) is 3.21. The summed E-state index contributed by atoms with van der Waals surface area (Å²) in [6.07, 6.45) is 2.99. The molecule has 1 aromatic rings. The summed E-state index contributed by atoms with van der Waals surface area (Å²) in [4.78, 5) is 11.6. The highest BCUT2D eigenvalue weighted by molar-refractivity contribution is 5.91. The van der Waals surface area contributed by atoms with E-state index in [0.717, 1.165) is 18.4 Å². The molecule has 0 unspecified atom stereocenters. The van der Waals surface area contributed by atoms with Gasteiger partial charge in [-0.25, -0.2) is 4.79 Å². The van der Waals surface area contributed by atoms with Crippen molar-refractivity contribution < 1.29 is 9.53 Å². The molecule has 0 aliphatic carbocycles. The molecule has 1 aliphatic rings. The van der Waals surface area contributed by atoms with E-state index >= 15 is 0 Å². The van der Waals surface area contributed by atoms with Crippen molar-refractivity contribution in [1.29, 1.82) is 0 Å². The molecular formula is C18H16O2. The molecule has 1 aromatic carbocycles. The van der Waals surface area contributed by atoms with Gasteiger partial charge in [-0.3, -0.25) is 0 Å². The quantitative estimate of drug-likeness (QED) is 0.362. The predicted octanol–water partition coefficient (Wildman–Crippen LogP) is 3.26. The summed E-state index contributed by atoms with van der Waals surface area (Å²) in [5, 5.41) is 0. The summed E-state index contributed by atoms with van der Waals surface area (Å²) in [6.45, 7) is 7.33. The standard InChI is InChI=1S/C18H16O2/c1-3-4-6-11-16-14(2)18(19)20-17(16)13-12-15-9-7-5-8-10-15/h4-5,7-10,16-17H,1-2,6,11H2/t16-,17-/m0/s1. The number of ether oxygens (including phenoxy) is 1. The molecule has 0 N–H and O–H groups in total. The van der Waals surface area contributed by atoms with Crippen LogP contribution in [0.1, 0.15) is 18.4 Å². The van der Waals surface area contributed by atoms with Crippen molar-refractivity contribution in [3.8, 4) is 11.8 Å². The van der Waals surface area contributed by atoms with E-state index in [1.165, 1.54) is 0 Å². The Morgan fingerprint density at radius 1 is 1.30 bits per heavy atom. The fraction of sp³-hybridized carbons (Fsp3) is 0.222. The largest absolute Gasteiger partial charge is 0.445 e. The number of cyclic esters (lactones) is 1. The van der Waals surface area contributed by atoms with E-state index in [2.05, 4.69) is 30.7 Å². The Hall–Kier alpha value is -2.49. The lowest BCUT2D eigenvalue weighted by molar-refractivity contribution is -0.137. The van der Waals surface area contributed by atoms with Gasteiger partial charge in [0.1, 0.15) is 0 Å². The summed E-state index contributed by atoms with van der Waals surface area (Å²) in [7, 11) is 0. The Labute approximate surface area is 119 Å². The topological polar surface area (TPSA) is 26.3 Å². The number of carbonyl (C=O) groups is 1. The van der Waals surface area contributed by atoms with Crippen molar-refractivity contribution in [2.75, 3.05) is 0 Å². The number of rotatable bonds is 3. The molecule has 1 fully saturated rings. The van der Waals surface area contributed by atoms with Crippen molar-refractivity contribution in [3.05, 3.63) is 66.4 Å². The van der Waals surface area contributed by atoms with Crippen LogP contribution < -0.4 is 0 Å². The molecule has 2 atom stereocenters. The fourth-order valence-electron chi connectivity index (χ4n) is 2.10. The van der Waals surface area contributed by atoms with Gasteiger partial charge in [-0.05, 0) is 31.1 Å². The zero-order valence-electron chi connectivity index (χ0n) is 11.3. The molecule has 0 spiro atoms. The minimum Gasteiger partial charge on any atom is -0.445 e. The Kier molecular flexibility index (Phi) is 4.60. The van der Waals surface area contributed by atoms with Gasteiger partial charge in [0.25, 0.3) is 0 Å². The molecule has 0 saturated carbocycles. The number of allylic oxidation sites excluding steroid dienone is 1. The van der Waals surface area contributed by atoms with Gasteiger partial charge >= 0.3 is 5.97 Å². The maximum Gasteiger partial charge on any atom is 0.335 e. The number of hydrogen-bond donors (Lipinski definition) is 0. The van der Waals surface area contributed by atoms with Crippen LogP contribution in [0, 0.1) is 17.8 Å². The van der Waals surface area contributed by atoms with E-state index in [9.17, 15) is 4.79 Å². The second kappa shape index (κ2) is 6.61. The molecule has 0 radical (unpaired) electrons. The molecule has 1 heterocycles. The van der Waals surface area contributed by atoms with Crippen LogP contribution in [0.2, 0.25) is 0 Å². The Morgan fingerprint density at radius 2 is 2.05 bits per heavy atom. The van der Waals surface area contributed by atoms with Gasteiger partial charge in [0.2, 0.25) is 0 Å². The maximum absolute atomic E-state index is 11.6. The van der Waals surface area contributed by atoms with E-state index in [0.29, 0.717) is 5.57 Å². The second-order valence-electron chi connectivity index (χ2n) is 4.58. The third-order valence-electron chi connectivity index (χ3n) is 3.21. The highest BCUT2D eigenvalue weighted by atomic mass is 16.5. The molecule has 0 bridgehead atoms. The van der Waals surface area contributed by atoms with Gasteiger partial charge in [0, 0.05) is 17.1 Å². The molecule has 1 saturated heterocycles. The minimum absolute atomic E-state index is 0.0525. The smallest absolute Gasteiger partial charge is 0.335 e. The van der Waals surface area contributed by atoms with Crippen molar-refractivity contribution in [1.82, 2.24) is 0 Å². The molecule has 0 amide bonds. The highest BCUT2D eigenvalue weighted by Crippen LogP contribution is 2.30. The van der Waals surface area contributed by atoms with Crippen LogP contribution in [0.15, 0.2) is 60.9 Å². The van der Waals surface area contributed by atoms with Crippen LogP contribution in [0.25, 0.3) is 0 Å². The van der Waals surface area contributed by atoms with Crippen LogP contribution >= 0.6 is 0 Å². The lowest BCUT2D eigenvalue weighted by Gasteiger charge is -2.10.